The highest BCUT2D eigenvalue weighted by molar-refractivity contribution is 14.0. The summed E-state index contributed by atoms with van der Waals surface area (Å²) in [6.07, 6.45) is 4.95. The lowest BCUT2D eigenvalue weighted by molar-refractivity contribution is 0.0913. The van der Waals surface area contributed by atoms with Crippen molar-refractivity contribution < 1.29 is 4.74 Å². The van der Waals surface area contributed by atoms with Gasteiger partial charge in [-0.1, -0.05) is 60.7 Å². The first-order valence-corrected chi connectivity index (χ1v) is 11.0. The molecule has 0 radical (unpaired) electrons. The SMILES string of the molecule is CN=C(NCC1CCOC1c1ccccc1)N1CCC(Cc2ccccc2)CC1.I. The maximum atomic E-state index is 6.04. The van der Waals surface area contributed by atoms with Crippen molar-refractivity contribution in [2.45, 2.75) is 31.8 Å². The summed E-state index contributed by atoms with van der Waals surface area (Å²) in [5.41, 5.74) is 2.75. The fraction of sp³-hybridized carbons (Fsp3) is 0.480. The van der Waals surface area contributed by atoms with Crippen LogP contribution in [0.3, 0.4) is 0 Å². The Morgan fingerprint density at radius 3 is 2.33 bits per heavy atom. The highest BCUT2D eigenvalue weighted by Gasteiger charge is 2.30. The summed E-state index contributed by atoms with van der Waals surface area (Å²) >= 11 is 0. The Labute approximate surface area is 198 Å². The van der Waals surface area contributed by atoms with Crippen LogP contribution >= 0.6 is 24.0 Å². The molecule has 0 spiro atoms. The van der Waals surface area contributed by atoms with E-state index in [4.69, 9.17) is 4.74 Å². The molecule has 0 amide bonds. The number of likely N-dealkylation sites (tertiary alicyclic amines) is 1. The molecule has 162 valence electrons. The minimum absolute atomic E-state index is 0. The van der Waals surface area contributed by atoms with Gasteiger partial charge in [0.05, 0.1) is 6.10 Å². The molecule has 30 heavy (non-hydrogen) atoms. The molecule has 0 aromatic heterocycles. The Bertz CT molecular complexity index is 775. The van der Waals surface area contributed by atoms with E-state index in [9.17, 15) is 0 Å². The summed E-state index contributed by atoms with van der Waals surface area (Å²) in [6, 6.07) is 21.5. The topological polar surface area (TPSA) is 36.9 Å². The molecular formula is C25H34IN3O. The Balaban J connectivity index is 0.00000256. The van der Waals surface area contributed by atoms with E-state index < -0.39 is 0 Å². The zero-order valence-corrected chi connectivity index (χ0v) is 20.2. The minimum Gasteiger partial charge on any atom is -0.373 e. The number of aliphatic imine (C=N–C) groups is 1. The van der Waals surface area contributed by atoms with Crippen LogP contribution in [-0.2, 0) is 11.2 Å². The third kappa shape index (κ3) is 5.97. The van der Waals surface area contributed by atoms with E-state index in [0.717, 1.165) is 44.5 Å². The monoisotopic (exact) mass is 519 g/mol. The standard InChI is InChI=1S/C25H33N3O.HI/c1-26-25(27-19-23-14-17-29-24(23)22-10-6-3-7-11-22)28-15-12-21(13-16-28)18-20-8-4-2-5-9-20;/h2-11,21,23-24H,12-19H2,1H3,(H,26,27);1H. The molecule has 2 atom stereocenters. The van der Waals surface area contributed by atoms with Crippen LogP contribution < -0.4 is 5.32 Å². The number of nitrogens with one attached hydrogen (secondary N) is 1. The van der Waals surface area contributed by atoms with Gasteiger partial charge in [0.2, 0.25) is 0 Å². The quantitative estimate of drug-likeness (QED) is 0.347. The van der Waals surface area contributed by atoms with Gasteiger partial charge in [0.15, 0.2) is 5.96 Å². The lowest BCUT2D eigenvalue weighted by Gasteiger charge is -2.35. The zero-order chi connectivity index (χ0) is 19.9. The fourth-order valence-electron chi connectivity index (χ4n) is 4.71. The second kappa shape index (κ2) is 11.7. The average Bonchev–Trinajstić information content (AvgIpc) is 3.25. The van der Waals surface area contributed by atoms with Gasteiger partial charge in [-0.25, -0.2) is 0 Å². The van der Waals surface area contributed by atoms with Gasteiger partial charge < -0.3 is 15.0 Å². The van der Waals surface area contributed by atoms with Crippen molar-refractivity contribution in [2.24, 2.45) is 16.8 Å². The first-order valence-electron chi connectivity index (χ1n) is 11.0. The van der Waals surface area contributed by atoms with E-state index in [0.29, 0.717) is 5.92 Å². The Morgan fingerprint density at radius 1 is 1.00 bits per heavy atom. The van der Waals surface area contributed by atoms with E-state index in [1.165, 1.54) is 30.4 Å². The van der Waals surface area contributed by atoms with Crippen LogP contribution in [0.25, 0.3) is 0 Å². The summed E-state index contributed by atoms with van der Waals surface area (Å²) in [4.78, 5) is 7.00. The molecule has 2 heterocycles. The van der Waals surface area contributed by atoms with E-state index >= 15 is 0 Å². The third-order valence-corrected chi connectivity index (χ3v) is 6.36. The molecule has 2 aromatic rings. The Kier molecular flexibility index (Phi) is 9.00. The van der Waals surface area contributed by atoms with E-state index in [1.54, 1.807) is 0 Å². The van der Waals surface area contributed by atoms with Gasteiger partial charge in [-0.3, -0.25) is 4.99 Å². The number of hydrogen-bond acceptors (Lipinski definition) is 2. The zero-order valence-electron chi connectivity index (χ0n) is 17.9. The van der Waals surface area contributed by atoms with Crippen molar-refractivity contribution >= 4 is 29.9 Å². The second-order valence-electron chi connectivity index (χ2n) is 8.30. The molecule has 0 saturated carbocycles. The molecule has 5 heteroatoms. The smallest absolute Gasteiger partial charge is 0.193 e. The predicted octanol–water partition coefficient (Wildman–Crippen LogP) is 4.91. The van der Waals surface area contributed by atoms with Gasteiger partial charge >= 0.3 is 0 Å². The summed E-state index contributed by atoms with van der Waals surface area (Å²) in [6.45, 7) is 3.92. The van der Waals surface area contributed by atoms with Crippen molar-refractivity contribution in [2.75, 3.05) is 33.3 Å². The molecule has 2 fully saturated rings. The number of piperidine rings is 1. The number of rotatable bonds is 5. The van der Waals surface area contributed by atoms with Gasteiger partial charge in [-0.2, -0.15) is 0 Å². The Morgan fingerprint density at radius 2 is 1.67 bits per heavy atom. The average molecular weight is 519 g/mol. The second-order valence-corrected chi connectivity index (χ2v) is 8.30. The number of ether oxygens (including phenoxy) is 1. The normalized spacial score (nSPS) is 22.6. The number of hydrogen-bond donors (Lipinski definition) is 1. The molecule has 2 unspecified atom stereocenters. The first-order chi connectivity index (χ1) is 14.3. The lowest BCUT2D eigenvalue weighted by Crippen LogP contribution is -2.47. The Hall–Kier alpha value is -1.60. The van der Waals surface area contributed by atoms with Crippen LogP contribution in [-0.4, -0.2) is 44.1 Å². The van der Waals surface area contributed by atoms with Crippen LogP contribution in [0.2, 0.25) is 0 Å². The molecule has 0 aliphatic carbocycles. The molecule has 1 N–H and O–H groups in total. The summed E-state index contributed by atoms with van der Waals surface area (Å²) < 4.78 is 6.04. The van der Waals surface area contributed by atoms with Gasteiger partial charge in [-0.15, -0.1) is 24.0 Å². The molecular weight excluding hydrogens is 485 g/mol. The van der Waals surface area contributed by atoms with Crippen molar-refractivity contribution in [3.63, 3.8) is 0 Å². The molecule has 0 bridgehead atoms. The largest absolute Gasteiger partial charge is 0.373 e. The molecule has 2 aliphatic heterocycles. The first kappa shape index (κ1) is 23.1. The maximum Gasteiger partial charge on any atom is 0.193 e. The molecule has 2 aliphatic rings. The summed E-state index contributed by atoms with van der Waals surface area (Å²) in [5.74, 6) is 2.31. The number of benzene rings is 2. The predicted molar refractivity (Wildman–Crippen MR) is 134 cm³/mol. The van der Waals surface area contributed by atoms with Crippen LogP contribution in [0.5, 0.6) is 0 Å². The number of nitrogens with zero attached hydrogens (tertiary/aromatic N) is 2. The molecule has 2 aromatic carbocycles. The van der Waals surface area contributed by atoms with E-state index in [2.05, 4.69) is 75.9 Å². The van der Waals surface area contributed by atoms with Crippen molar-refractivity contribution in [3.8, 4) is 0 Å². The van der Waals surface area contributed by atoms with E-state index in [1.807, 2.05) is 7.05 Å². The summed E-state index contributed by atoms with van der Waals surface area (Å²) in [5, 5.41) is 3.64. The van der Waals surface area contributed by atoms with Crippen LogP contribution in [0.1, 0.15) is 36.5 Å². The van der Waals surface area contributed by atoms with Gasteiger partial charge in [-0.05, 0) is 42.7 Å². The number of halogens is 1. The van der Waals surface area contributed by atoms with Gasteiger partial charge in [0, 0.05) is 39.2 Å². The highest BCUT2D eigenvalue weighted by atomic mass is 127. The van der Waals surface area contributed by atoms with Crippen molar-refractivity contribution in [1.29, 1.82) is 0 Å². The molecule has 4 nitrogen and oxygen atoms in total. The maximum absolute atomic E-state index is 6.04. The van der Waals surface area contributed by atoms with Crippen molar-refractivity contribution in [1.82, 2.24) is 10.2 Å². The van der Waals surface area contributed by atoms with Crippen molar-refractivity contribution in [3.05, 3.63) is 71.8 Å². The number of guanidine groups is 1. The van der Waals surface area contributed by atoms with E-state index in [-0.39, 0.29) is 30.1 Å². The highest BCUT2D eigenvalue weighted by Crippen LogP contribution is 2.34. The molecule has 2 saturated heterocycles. The minimum atomic E-state index is 0. The summed E-state index contributed by atoms with van der Waals surface area (Å²) in [7, 11) is 1.90. The van der Waals surface area contributed by atoms with Gasteiger partial charge in [0.1, 0.15) is 0 Å². The fourth-order valence-corrected chi connectivity index (χ4v) is 4.71. The van der Waals surface area contributed by atoms with Gasteiger partial charge in [0.25, 0.3) is 0 Å². The van der Waals surface area contributed by atoms with Crippen LogP contribution in [0, 0.1) is 11.8 Å². The third-order valence-electron chi connectivity index (χ3n) is 6.36. The lowest BCUT2D eigenvalue weighted by atomic mass is 9.90. The van der Waals surface area contributed by atoms with Crippen LogP contribution in [0.15, 0.2) is 65.7 Å². The molecule has 4 rings (SSSR count). The van der Waals surface area contributed by atoms with Crippen LogP contribution in [0.4, 0.5) is 0 Å².